The third-order valence-electron chi connectivity index (χ3n) is 0.610. The van der Waals surface area contributed by atoms with Gasteiger partial charge in [-0.05, 0) is 0 Å². The van der Waals surface area contributed by atoms with E-state index in [0.29, 0.717) is 13.1 Å². The number of carboxylic acids is 4. The standard InChI is InChI=1S/C4H12N2O.4C2H4O2.K.H/c5-1-2-6-3-4-7;4*1-2(3)4;;/h6-7H,1-5H2;4*1H3,(H,3,4);;. The van der Waals surface area contributed by atoms with Crippen LogP contribution in [-0.2, 0) is 19.2 Å². The molecular formula is C12H29KN2O9. The van der Waals surface area contributed by atoms with E-state index in [1.165, 1.54) is 0 Å². The van der Waals surface area contributed by atoms with Crippen LogP contribution in [0.3, 0.4) is 0 Å². The first-order valence-electron chi connectivity index (χ1n) is 6.14. The summed E-state index contributed by atoms with van der Waals surface area (Å²) in [4.78, 5) is 36.0. The fourth-order valence-corrected chi connectivity index (χ4v) is 0.306. The summed E-state index contributed by atoms with van der Waals surface area (Å²) in [6.07, 6.45) is 0. The maximum absolute atomic E-state index is 9.00. The Balaban J connectivity index is -0.0000000429. The Morgan fingerprint density at radius 2 is 0.958 bits per heavy atom. The molecule has 0 saturated heterocycles. The number of nitrogens with two attached hydrogens (primary N) is 1. The van der Waals surface area contributed by atoms with Crippen molar-refractivity contribution in [1.82, 2.24) is 5.32 Å². The summed E-state index contributed by atoms with van der Waals surface area (Å²) in [5, 5.41) is 40.8. The van der Waals surface area contributed by atoms with Gasteiger partial charge in [0.25, 0.3) is 23.9 Å². The van der Waals surface area contributed by atoms with Crippen molar-refractivity contribution >= 4 is 75.3 Å². The van der Waals surface area contributed by atoms with Crippen molar-refractivity contribution in [2.75, 3.05) is 26.2 Å². The molecule has 0 heterocycles. The molecular weight excluding hydrogens is 355 g/mol. The van der Waals surface area contributed by atoms with Crippen LogP contribution in [0.15, 0.2) is 0 Å². The molecule has 12 heteroatoms. The van der Waals surface area contributed by atoms with E-state index in [1.54, 1.807) is 0 Å². The fourth-order valence-electron chi connectivity index (χ4n) is 0.306. The van der Waals surface area contributed by atoms with Crippen LogP contribution in [-0.4, -0.2) is 127 Å². The van der Waals surface area contributed by atoms with Gasteiger partial charge in [0.1, 0.15) is 0 Å². The van der Waals surface area contributed by atoms with Crippen LogP contribution >= 0.6 is 0 Å². The molecule has 8 N–H and O–H groups in total. The Morgan fingerprint density at radius 3 is 1.08 bits per heavy atom. The molecule has 0 spiro atoms. The SMILES string of the molecule is CC(=O)O.CC(=O)O.CC(=O)O.CC(=O)O.NCCNCCO.[KH]. The second kappa shape index (κ2) is 38.1. The first kappa shape index (κ1) is 38.8. The molecule has 0 rings (SSSR count). The Bertz CT molecular complexity index is 234. The van der Waals surface area contributed by atoms with Crippen molar-refractivity contribution in [3.05, 3.63) is 0 Å². The molecule has 24 heavy (non-hydrogen) atoms. The molecule has 0 aliphatic heterocycles. The van der Waals surface area contributed by atoms with Crippen molar-refractivity contribution < 1.29 is 44.7 Å². The average Bonchev–Trinajstić information content (AvgIpc) is 2.26. The van der Waals surface area contributed by atoms with Gasteiger partial charge in [-0.15, -0.1) is 0 Å². The quantitative estimate of drug-likeness (QED) is 0.213. The van der Waals surface area contributed by atoms with Crippen LogP contribution in [0.5, 0.6) is 0 Å². The monoisotopic (exact) mass is 384 g/mol. The van der Waals surface area contributed by atoms with Gasteiger partial charge in [-0.2, -0.15) is 0 Å². The van der Waals surface area contributed by atoms with E-state index in [2.05, 4.69) is 5.32 Å². The molecule has 0 bridgehead atoms. The summed E-state index contributed by atoms with van der Waals surface area (Å²) in [6.45, 7) is 6.61. The zero-order valence-corrected chi connectivity index (χ0v) is 13.8. The number of aliphatic hydroxyl groups is 1. The number of aliphatic hydroxyl groups excluding tert-OH is 1. The van der Waals surface area contributed by atoms with E-state index in [-0.39, 0.29) is 58.0 Å². The first-order valence-corrected chi connectivity index (χ1v) is 6.14. The Hall–Kier alpha value is -0.604. The minimum absolute atomic E-state index is 0. The molecule has 142 valence electrons. The molecule has 11 nitrogen and oxygen atoms in total. The Kier molecular flexibility index (Phi) is 61.6. The molecule has 0 aromatic carbocycles. The van der Waals surface area contributed by atoms with Gasteiger partial charge >= 0.3 is 51.4 Å². The number of rotatable bonds is 4. The van der Waals surface area contributed by atoms with Gasteiger partial charge in [-0.1, -0.05) is 0 Å². The number of carboxylic acid groups (broad SMARTS) is 4. The predicted molar refractivity (Wildman–Crippen MR) is 89.4 cm³/mol. The van der Waals surface area contributed by atoms with Crippen LogP contribution < -0.4 is 11.1 Å². The molecule has 0 atom stereocenters. The van der Waals surface area contributed by atoms with E-state index >= 15 is 0 Å². The van der Waals surface area contributed by atoms with Crippen LogP contribution in [0, 0.1) is 0 Å². The van der Waals surface area contributed by atoms with E-state index in [9.17, 15) is 0 Å². The molecule has 0 amide bonds. The van der Waals surface area contributed by atoms with Crippen molar-refractivity contribution in [3.8, 4) is 0 Å². The molecule has 0 radical (unpaired) electrons. The average molecular weight is 384 g/mol. The van der Waals surface area contributed by atoms with E-state index in [1.807, 2.05) is 0 Å². The number of aliphatic carboxylic acids is 4. The zero-order valence-electron chi connectivity index (χ0n) is 13.8. The Morgan fingerprint density at radius 1 is 0.750 bits per heavy atom. The molecule has 0 unspecified atom stereocenters. The predicted octanol–water partition coefficient (Wildman–Crippen LogP) is -1.76. The minimum atomic E-state index is -0.833. The normalized spacial score (nSPS) is 6.92. The first-order chi connectivity index (χ1) is 10.3. The zero-order chi connectivity index (χ0) is 19.8. The molecule has 0 aromatic heterocycles. The number of hydrogen-bond donors (Lipinski definition) is 7. The summed E-state index contributed by atoms with van der Waals surface area (Å²) in [5.41, 5.74) is 5.13. The number of carbonyl (C=O) groups is 4. The Labute approximate surface area is 183 Å². The van der Waals surface area contributed by atoms with Gasteiger partial charge in [0, 0.05) is 47.3 Å². The molecule has 0 aliphatic rings. The van der Waals surface area contributed by atoms with Gasteiger partial charge < -0.3 is 36.6 Å². The molecule has 0 fully saturated rings. The van der Waals surface area contributed by atoms with Gasteiger partial charge in [0.05, 0.1) is 6.61 Å². The second-order valence-electron chi connectivity index (χ2n) is 3.34. The maximum atomic E-state index is 9.00. The molecule has 0 aliphatic carbocycles. The van der Waals surface area contributed by atoms with Crippen molar-refractivity contribution in [2.24, 2.45) is 5.73 Å². The van der Waals surface area contributed by atoms with Gasteiger partial charge in [0.2, 0.25) is 0 Å². The van der Waals surface area contributed by atoms with E-state index in [4.69, 9.17) is 50.4 Å². The number of hydrogen-bond acceptors (Lipinski definition) is 7. The van der Waals surface area contributed by atoms with Crippen molar-refractivity contribution in [2.45, 2.75) is 27.7 Å². The van der Waals surface area contributed by atoms with E-state index < -0.39 is 23.9 Å². The summed E-state index contributed by atoms with van der Waals surface area (Å²) < 4.78 is 0. The van der Waals surface area contributed by atoms with Crippen LogP contribution in [0.25, 0.3) is 0 Å². The second-order valence-corrected chi connectivity index (χ2v) is 3.34. The van der Waals surface area contributed by atoms with Crippen molar-refractivity contribution in [1.29, 1.82) is 0 Å². The molecule has 0 saturated carbocycles. The molecule has 0 aromatic rings. The third-order valence-corrected chi connectivity index (χ3v) is 0.610. The van der Waals surface area contributed by atoms with Crippen molar-refractivity contribution in [3.63, 3.8) is 0 Å². The summed E-state index contributed by atoms with van der Waals surface area (Å²) in [6, 6.07) is 0. The van der Waals surface area contributed by atoms with E-state index in [0.717, 1.165) is 34.2 Å². The third kappa shape index (κ3) is 772. The van der Waals surface area contributed by atoms with Crippen LogP contribution in [0.2, 0.25) is 0 Å². The van der Waals surface area contributed by atoms with Crippen LogP contribution in [0.4, 0.5) is 0 Å². The fraction of sp³-hybridized carbons (Fsp3) is 0.667. The van der Waals surface area contributed by atoms with Gasteiger partial charge in [0.15, 0.2) is 0 Å². The van der Waals surface area contributed by atoms with Crippen LogP contribution in [0.1, 0.15) is 27.7 Å². The summed E-state index contributed by atoms with van der Waals surface area (Å²) in [5.74, 6) is -3.33. The van der Waals surface area contributed by atoms with Gasteiger partial charge in [-0.25, -0.2) is 0 Å². The summed E-state index contributed by atoms with van der Waals surface area (Å²) in [7, 11) is 0. The number of nitrogens with one attached hydrogen (secondary N) is 1. The van der Waals surface area contributed by atoms with Gasteiger partial charge in [-0.3, -0.25) is 19.2 Å². The summed E-state index contributed by atoms with van der Waals surface area (Å²) >= 11 is 0. The topological polar surface area (TPSA) is 207 Å².